The van der Waals surface area contributed by atoms with Gasteiger partial charge in [0.25, 0.3) is 10.1 Å². The highest BCUT2D eigenvalue weighted by Gasteiger charge is 2.31. The van der Waals surface area contributed by atoms with Gasteiger partial charge in [-0.05, 0) is 43.4 Å². The van der Waals surface area contributed by atoms with Gasteiger partial charge in [-0.2, -0.15) is 8.42 Å². The van der Waals surface area contributed by atoms with Gasteiger partial charge >= 0.3 is 5.69 Å². The maximum Gasteiger partial charge on any atom is 0.329 e. The molecule has 9 nitrogen and oxygen atoms in total. The number of rotatable bonds is 10. The molecule has 1 aromatic heterocycles. The van der Waals surface area contributed by atoms with E-state index in [1.54, 1.807) is 11.6 Å². The second-order valence-electron chi connectivity index (χ2n) is 7.87. The number of imidazole rings is 1. The van der Waals surface area contributed by atoms with Crippen molar-refractivity contribution < 1.29 is 26.9 Å². The third kappa shape index (κ3) is 5.90. The van der Waals surface area contributed by atoms with Crippen LogP contribution in [0.25, 0.3) is 11.0 Å². The van der Waals surface area contributed by atoms with E-state index in [9.17, 15) is 22.8 Å². The average molecular weight is 453 g/mol. The first-order valence-corrected chi connectivity index (χ1v) is 12.2. The van der Waals surface area contributed by atoms with E-state index in [1.165, 1.54) is 4.57 Å². The largest absolute Gasteiger partial charge is 0.381 e. The second kappa shape index (κ2) is 9.88. The van der Waals surface area contributed by atoms with Gasteiger partial charge in [-0.15, -0.1) is 0 Å². The number of ketones is 2. The molecule has 1 aromatic carbocycles. The van der Waals surface area contributed by atoms with Crippen LogP contribution in [-0.2, 0) is 42.1 Å². The molecule has 1 saturated carbocycles. The first-order valence-electron chi connectivity index (χ1n) is 10.3. The Labute approximate surface area is 181 Å². The number of hydrogen-bond donors (Lipinski definition) is 0. The number of aryl methyl sites for hydroxylation is 2. The lowest BCUT2D eigenvalue weighted by Gasteiger charge is -2.21. The maximum atomic E-state index is 12.8. The molecule has 0 N–H and O–H groups in total. The summed E-state index contributed by atoms with van der Waals surface area (Å²) in [5.74, 6) is -0.268. The van der Waals surface area contributed by atoms with Crippen molar-refractivity contribution in [2.24, 2.45) is 7.05 Å². The number of fused-ring (bicyclic) bond motifs is 1. The summed E-state index contributed by atoms with van der Waals surface area (Å²) in [6.45, 7) is 1.06. The van der Waals surface area contributed by atoms with Crippen LogP contribution in [0.1, 0.15) is 43.7 Å². The van der Waals surface area contributed by atoms with Crippen LogP contribution < -0.4 is 5.69 Å². The Morgan fingerprint density at radius 3 is 2.52 bits per heavy atom. The Bertz CT molecular complexity index is 1130. The first kappa shape index (κ1) is 23.4. The van der Waals surface area contributed by atoms with E-state index in [2.05, 4.69) is 4.18 Å². The third-order valence-corrected chi connectivity index (χ3v) is 5.98. The van der Waals surface area contributed by atoms with E-state index in [-0.39, 0.29) is 30.3 Å². The Morgan fingerprint density at radius 1 is 1.06 bits per heavy atom. The molecule has 0 aliphatic heterocycles. The number of aromatic nitrogens is 2. The normalized spacial score (nSPS) is 17.5. The van der Waals surface area contributed by atoms with Gasteiger partial charge < -0.3 is 4.74 Å². The highest BCUT2D eigenvalue weighted by Crippen LogP contribution is 2.26. The maximum absolute atomic E-state index is 12.8. The average Bonchev–Trinajstić information content (AvgIpc) is 2.94. The molecule has 3 rings (SSSR count). The van der Waals surface area contributed by atoms with Gasteiger partial charge in [0.2, 0.25) is 0 Å². The molecule has 31 heavy (non-hydrogen) atoms. The minimum Gasteiger partial charge on any atom is -0.381 e. The minimum absolute atomic E-state index is 0.0676. The fourth-order valence-electron chi connectivity index (χ4n) is 3.85. The van der Waals surface area contributed by atoms with Gasteiger partial charge in [-0.1, -0.05) is 6.07 Å². The number of ether oxygens (including phenoxy) is 1. The molecule has 1 aliphatic rings. The smallest absolute Gasteiger partial charge is 0.329 e. The standard InChI is InChI=1S/C21H28N2O7S/c1-22-19-13-15(5-3-10-29-11-4-12-30-31(2,27)28)6-8-17(19)23(21(22)26)18-9-7-16(24)14-20(18)25/h6,8,13,18H,3-5,7,9-12,14H2,1-2H3. The Morgan fingerprint density at radius 2 is 1.81 bits per heavy atom. The molecule has 0 spiro atoms. The van der Waals surface area contributed by atoms with Gasteiger partial charge in [-0.25, -0.2) is 4.79 Å². The van der Waals surface area contributed by atoms with Crippen molar-refractivity contribution in [2.45, 2.75) is 44.6 Å². The summed E-state index contributed by atoms with van der Waals surface area (Å²) >= 11 is 0. The van der Waals surface area contributed by atoms with Crippen LogP contribution in [-0.4, -0.2) is 55.2 Å². The Hall–Kier alpha value is -2.30. The summed E-state index contributed by atoms with van der Waals surface area (Å²) in [4.78, 5) is 36.7. The van der Waals surface area contributed by atoms with Crippen molar-refractivity contribution in [3.63, 3.8) is 0 Å². The van der Waals surface area contributed by atoms with Crippen molar-refractivity contribution in [2.75, 3.05) is 26.1 Å². The van der Waals surface area contributed by atoms with Crippen molar-refractivity contribution >= 4 is 32.7 Å². The van der Waals surface area contributed by atoms with Crippen LogP contribution in [0.3, 0.4) is 0 Å². The zero-order chi connectivity index (χ0) is 22.6. The highest BCUT2D eigenvalue weighted by atomic mass is 32.2. The molecule has 170 valence electrons. The lowest BCUT2D eigenvalue weighted by molar-refractivity contribution is -0.132. The molecular formula is C21H28N2O7S. The van der Waals surface area contributed by atoms with E-state index in [0.29, 0.717) is 38.0 Å². The molecule has 0 bridgehead atoms. The van der Waals surface area contributed by atoms with Crippen LogP contribution >= 0.6 is 0 Å². The Balaban J connectivity index is 1.58. The van der Waals surface area contributed by atoms with Gasteiger partial charge in [0, 0.05) is 26.7 Å². The van der Waals surface area contributed by atoms with Gasteiger partial charge in [-0.3, -0.25) is 22.9 Å². The number of Topliss-reactive ketones (excluding diaryl/α,β-unsaturated/α-hetero) is 2. The second-order valence-corrected chi connectivity index (χ2v) is 9.51. The molecule has 0 radical (unpaired) electrons. The van der Waals surface area contributed by atoms with Gasteiger partial charge in [0.1, 0.15) is 5.78 Å². The van der Waals surface area contributed by atoms with E-state index in [4.69, 9.17) is 4.74 Å². The zero-order valence-electron chi connectivity index (χ0n) is 17.8. The predicted octanol–water partition coefficient (Wildman–Crippen LogP) is 1.52. The van der Waals surface area contributed by atoms with Crippen LogP contribution in [0.5, 0.6) is 0 Å². The number of carbonyl (C=O) groups is 2. The molecule has 1 heterocycles. The summed E-state index contributed by atoms with van der Waals surface area (Å²) in [6, 6.07) is 5.17. The SMILES string of the molecule is Cn1c(=O)n(C2CCC(=O)CC2=O)c2ccc(CCCOCCCOS(C)(=O)=O)cc21. The van der Waals surface area contributed by atoms with E-state index < -0.39 is 16.2 Å². The van der Waals surface area contributed by atoms with Crippen molar-refractivity contribution in [3.8, 4) is 0 Å². The molecule has 1 fully saturated rings. The van der Waals surface area contributed by atoms with Crippen LogP contribution in [0.4, 0.5) is 0 Å². The zero-order valence-corrected chi connectivity index (χ0v) is 18.7. The van der Waals surface area contributed by atoms with Crippen molar-refractivity contribution in [3.05, 3.63) is 34.2 Å². The molecule has 1 atom stereocenters. The van der Waals surface area contributed by atoms with Crippen LogP contribution in [0.2, 0.25) is 0 Å². The summed E-state index contributed by atoms with van der Waals surface area (Å²) in [6.07, 6.45) is 3.62. The third-order valence-electron chi connectivity index (χ3n) is 5.39. The predicted molar refractivity (Wildman–Crippen MR) is 115 cm³/mol. The summed E-state index contributed by atoms with van der Waals surface area (Å²) in [5.41, 5.74) is 2.26. The molecule has 2 aromatic rings. The molecule has 1 aliphatic carbocycles. The van der Waals surface area contributed by atoms with Crippen LogP contribution in [0.15, 0.2) is 23.0 Å². The number of carbonyl (C=O) groups excluding carboxylic acids is 2. The summed E-state index contributed by atoms with van der Waals surface area (Å²) in [7, 11) is -1.72. The monoisotopic (exact) mass is 452 g/mol. The van der Waals surface area contributed by atoms with Gasteiger partial charge in [0.15, 0.2) is 5.78 Å². The molecule has 1 unspecified atom stereocenters. The number of hydrogen-bond acceptors (Lipinski definition) is 7. The van der Waals surface area contributed by atoms with E-state index >= 15 is 0 Å². The molecule has 10 heteroatoms. The Kier molecular flexibility index (Phi) is 7.45. The summed E-state index contributed by atoms with van der Waals surface area (Å²) in [5, 5.41) is 0. The minimum atomic E-state index is -3.41. The molecular weight excluding hydrogens is 424 g/mol. The quantitative estimate of drug-likeness (QED) is 0.305. The van der Waals surface area contributed by atoms with Crippen LogP contribution in [0, 0.1) is 0 Å². The number of nitrogens with zero attached hydrogens (tertiary/aromatic N) is 2. The fraction of sp³-hybridized carbons (Fsp3) is 0.571. The molecule has 0 saturated heterocycles. The lowest BCUT2D eigenvalue weighted by Crippen LogP contribution is -2.34. The first-order chi connectivity index (χ1) is 14.7. The molecule has 0 amide bonds. The lowest BCUT2D eigenvalue weighted by atomic mass is 9.92. The summed E-state index contributed by atoms with van der Waals surface area (Å²) < 4.78 is 35.0. The van der Waals surface area contributed by atoms with Crippen molar-refractivity contribution in [1.82, 2.24) is 9.13 Å². The van der Waals surface area contributed by atoms with E-state index in [0.717, 1.165) is 30.2 Å². The van der Waals surface area contributed by atoms with E-state index in [1.807, 2.05) is 18.2 Å². The topological polar surface area (TPSA) is 114 Å². The number of benzene rings is 1. The fourth-order valence-corrected chi connectivity index (χ4v) is 4.27. The van der Waals surface area contributed by atoms with Crippen molar-refractivity contribution in [1.29, 1.82) is 0 Å². The van der Waals surface area contributed by atoms with Gasteiger partial charge in [0.05, 0.1) is 36.4 Å². The highest BCUT2D eigenvalue weighted by molar-refractivity contribution is 7.85.